The van der Waals surface area contributed by atoms with Crippen LogP contribution in [-0.4, -0.2) is 21.7 Å². The molecule has 1 unspecified atom stereocenters. The Labute approximate surface area is 134 Å². The highest BCUT2D eigenvalue weighted by Gasteiger charge is 2.20. The van der Waals surface area contributed by atoms with E-state index in [4.69, 9.17) is 4.74 Å². The van der Waals surface area contributed by atoms with E-state index in [1.54, 1.807) is 26.8 Å². The fraction of sp³-hybridized carbons (Fsp3) is 0.333. The number of nitrogens with one attached hydrogen (secondary N) is 1. The van der Waals surface area contributed by atoms with Crippen molar-refractivity contribution in [2.75, 3.05) is 0 Å². The zero-order chi connectivity index (χ0) is 17.0. The first-order chi connectivity index (χ1) is 10.8. The Bertz CT molecular complexity index is 729. The molecule has 0 aliphatic rings. The largest absolute Gasteiger partial charge is 0.456 e. The number of hydrogen-bond acceptors (Lipinski definition) is 4. The van der Waals surface area contributed by atoms with E-state index in [1.807, 2.05) is 30.3 Å². The number of carbonyl (C=O) groups is 1. The maximum Gasteiger partial charge on any atom is 0.344 e. The smallest absolute Gasteiger partial charge is 0.344 e. The third kappa shape index (κ3) is 4.79. The molecule has 0 spiro atoms. The molecule has 1 aromatic carbocycles. The summed E-state index contributed by atoms with van der Waals surface area (Å²) in [4.78, 5) is 26.6. The first-order valence-corrected chi connectivity index (χ1v) is 7.45. The van der Waals surface area contributed by atoms with Gasteiger partial charge in [-0.25, -0.2) is 4.79 Å². The second-order valence-electron chi connectivity index (χ2n) is 6.36. The summed E-state index contributed by atoms with van der Waals surface area (Å²) in [5.74, 6) is -0.658. The molecule has 2 rings (SSSR count). The van der Waals surface area contributed by atoms with Gasteiger partial charge >= 0.3 is 5.97 Å². The van der Waals surface area contributed by atoms with Crippen LogP contribution in [0.3, 0.4) is 0 Å². The molecule has 23 heavy (non-hydrogen) atoms. The summed E-state index contributed by atoms with van der Waals surface area (Å²) in [7, 11) is 0. The number of benzene rings is 1. The molecule has 0 fully saturated rings. The predicted molar refractivity (Wildman–Crippen MR) is 87.3 cm³/mol. The Hall–Kier alpha value is -2.40. The Kier molecular flexibility index (Phi) is 5.01. The van der Waals surface area contributed by atoms with Gasteiger partial charge < -0.3 is 14.8 Å². The molecule has 0 saturated heterocycles. The summed E-state index contributed by atoms with van der Waals surface area (Å²) >= 11 is 0. The zero-order valence-corrected chi connectivity index (χ0v) is 13.5. The molecule has 2 aromatic rings. The maximum absolute atomic E-state index is 12.0. The molecule has 0 bridgehead atoms. The molecule has 0 aliphatic heterocycles. The van der Waals surface area contributed by atoms with Crippen molar-refractivity contribution in [2.24, 2.45) is 0 Å². The van der Waals surface area contributed by atoms with Crippen LogP contribution < -0.4 is 5.56 Å². The molecule has 0 saturated carbocycles. The molecule has 0 amide bonds. The van der Waals surface area contributed by atoms with Crippen LogP contribution in [0.2, 0.25) is 0 Å². The third-order valence-electron chi connectivity index (χ3n) is 3.19. The van der Waals surface area contributed by atoms with Crippen LogP contribution in [-0.2, 0) is 11.2 Å². The Morgan fingerprint density at radius 1 is 1.17 bits per heavy atom. The number of aromatic amines is 1. The summed E-state index contributed by atoms with van der Waals surface area (Å²) < 4.78 is 5.19. The lowest BCUT2D eigenvalue weighted by Gasteiger charge is -2.19. The minimum atomic E-state index is -0.723. The van der Waals surface area contributed by atoms with Gasteiger partial charge in [0, 0.05) is 12.1 Å². The van der Waals surface area contributed by atoms with Crippen LogP contribution in [0.4, 0.5) is 0 Å². The topological polar surface area (TPSA) is 79.4 Å². The highest BCUT2D eigenvalue weighted by molar-refractivity contribution is 5.89. The molecule has 1 atom stereocenters. The Morgan fingerprint density at radius 3 is 2.39 bits per heavy atom. The minimum absolute atomic E-state index is 0.0436. The summed E-state index contributed by atoms with van der Waals surface area (Å²) in [5, 5.41) is 10.2. The van der Waals surface area contributed by atoms with Crippen LogP contribution in [0.15, 0.2) is 47.3 Å². The number of aliphatic hydroxyl groups is 1. The van der Waals surface area contributed by atoms with Crippen molar-refractivity contribution in [2.45, 2.75) is 38.9 Å². The number of hydrogen-bond donors (Lipinski definition) is 2. The first-order valence-electron chi connectivity index (χ1n) is 7.45. The first kappa shape index (κ1) is 17.0. The predicted octanol–water partition coefficient (Wildman–Crippen LogP) is 2.61. The van der Waals surface area contributed by atoms with Crippen molar-refractivity contribution in [1.29, 1.82) is 0 Å². The molecule has 1 heterocycles. The maximum atomic E-state index is 12.0. The number of aromatic nitrogens is 1. The number of aliphatic hydroxyl groups excluding tert-OH is 1. The van der Waals surface area contributed by atoms with Crippen molar-refractivity contribution in [3.63, 3.8) is 0 Å². The molecule has 5 nitrogen and oxygen atoms in total. The van der Waals surface area contributed by atoms with Gasteiger partial charge in [0.15, 0.2) is 0 Å². The fourth-order valence-electron chi connectivity index (χ4n) is 2.13. The standard InChI is InChI=1S/C18H21NO4/c1-18(2,3)23-17(22)14-10-9-13(19-16(14)21)11-15(20)12-7-5-4-6-8-12/h4-10,15,20H,11H2,1-3H3,(H,19,21). The van der Waals surface area contributed by atoms with Gasteiger partial charge in [0.1, 0.15) is 11.2 Å². The van der Waals surface area contributed by atoms with Crippen LogP contribution in [0.25, 0.3) is 0 Å². The number of pyridine rings is 1. The third-order valence-corrected chi connectivity index (χ3v) is 3.19. The van der Waals surface area contributed by atoms with Crippen molar-refractivity contribution in [3.05, 3.63) is 69.6 Å². The monoisotopic (exact) mass is 315 g/mol. The number of ether oxygens (including phenoxy) is 1. The van der Waals surface area contributed by atoms with Gasteiger partial charge in [0.25, 0.3) is 5.56 Å². The van der Waals surface area contributed by atoms with Crippen LogP contribution in [0.1, 0.15) is 48.5 Å². The van der Waals surface area contributed by atoms with E-state index in [-0.39, 0.29) is 12.0 Å². The van der Waals surface area contributed by atoms with E-state index in [1.165, 1.54) is 6.07 Å². The second kappa shape index (κ2) is 6.79. The summed E-state index contributed by atoms with van der Waals surface area (Å²) in [6.07, 6.45) is -0.465. The Morgan fingerprint density at radius 2 is 1.83 bits per heavy atom. The lowest BCUT2D eigenvalue weighted by Crippen LogP contribution is -2.28. The van der Waals surface area contributed by atoms with Crippen LogP contribution in [0, 0.1) is 0 Å². The average Bonchev–Trinajstić information content (AvgIpc) is 2.46. The van der Waals surface area contributed by atoms with Crippen molar-refractivity contribution in [3.8, 4) is 0 Å². The van der Waals surface area contributed by atoms with Crippen molar-refractivity contribution < 1.29 is 14.6 Å². The van der Waals surface area contributed by atoms with Crippen LogP contribution >= 0.6 is 0 Å². The SMILES string of the molecule is CC(C)(C)OC(=O)c1ccc(CC(O)c2ccccc2)[nH]c1=O. The number of carbonyl (C=O) groups excluding carboxylic acids is 1. The Balaban J connectivity index is 2.13. The molecular formula is C18H21NO4. The van der Waals surface area contributed by atoms with E-state index in [0.29, 0.717) is 5.69 Å². The van der Waals surface area contributed by atoms with E-state index < -0.39 is 23.2 Å². The summed E-state index contributed by atoms with van der Waals surface area (Å²) in [6.45, 7) is 5.22. The molecule has 5 heteroatoms. The molecule has 0 radical (unpaired) electrons. The zero-order valence-electron chi connectivity index (χ0n) is 13.5. The molecule has 2 N–H and O–H groups in total. The number of H-pyrrole nitrogens is 1. The lowest BCUT2D eigenvalue weighted by atomic mass is 10.0. The highest BCUT2D eigenvalue weighted by atomic mass is 16.6. The molecule has 0 aliphatic carbocycles. The average molecular weight is 315 g/mol. The molecule has 1 aromatic heterocycles. The van der Waals surface area contributed by atoms with Gasteiger partial charge in [-0.2, -0.15) is 0 Å². The normalized spacial score (nSPS) is 12.7. The number of esters is 1. The summed E-state index contributed by atoms with van der Waals surface area (Å²) in [5.41, 5.74) is 0.101. The quantitative estimate of drug-likeness (QED) is 0.850. The van der Waals surface area contributed by atoms with Gasteiger partial charge in [-0.3, -0.25) is 4.79 Å². The second-order valence-corrected chi connectivity index (χ2v) is 6.36. The van der Waals surface area contributed by atoms with Gasteiger partial charge in [-0.1, -0.05) is 30.3 Å². The van der Waals surface area contributed by atoms with Gasteiger partial charge in [-0.05, 0) is 38.5 Å². The highest BCUT2D eigenvalue weighted by Crippen LogP contribution is 2.16. The molecular weight excluding hydrogens is 294 g/mol. The van der Waals surface area contributed by atoms with E-state index in [0.717, 1.165) is 5.56 Å². The van der Waals surface area contributed by atoms with E-state index in [9.17, 15) is 14.7 Å². The van der Waals surface area contributed by atoms with E-state index in [2.05, 4.69) is 4.98 Å². The van der Waals surface area contributed by atoms with Crippen LogP contribution in [0.5, 0.6) is 0 Å². The van der Waals surface area contributed by atoms with Crippen molar-refractivity contribution in [1.82, 2.24) is 4.98 Å². The van der Waals surface area contributed by atoms with Crippen molar-refractivity contribution >= 4 is 5.97 Å². The minimum Gasteiger partial charge on any atom is -0.456 e. The summed E-state index contributed by atoms with van der Waals surface area (Å²) in [6, 6.07) is 12.2. The number of rotatable bonds is 4. The van der Waals surface area contributed by atoms with Gasteiger partial charge in [0.05, 0.1) is 6.10 Å². The molecule has 122 valence electrons. The lowest BCUT2D eigenvalue weighted by molar-refractivity contribution is 0.00675. The van der Waals surface area contributed by atoms with Gasteiger partial charge in [-0.15, -0.1) is 0 Å². The van der Waals surface area contributed by atoms with E-state index >= 15 is 0 Å². The van der Waals surface area contributed by atoms with Gasteiger partial charge in [0.2, 0.25) is 0 Å². The fourth-order valence-corrected chi connectivity index (χ4v) is 2.13.